The van der Waals surface area contributed by atoms with Gasteiger partial charge >= 0.3 is 0 Å². The summed E-state index contributed by atoms with van der Waals surface area (Å²) in [7, 11) is 1.88. The quantitative estimate of drug-likeness (QED) is 0.572. The van der Waals surface area contributed by atoms with E-state index in [1.807, 2.05) is 7.05 Å². The molecule has 0 bridgehead atoms. The molecule has 0 radical (unpaired) electrons. The second-order valence-corrected chi connectivity index (χ2v) is 6.43. The molecule has 0 aromatic carbocycles. The summed E-state index contributed by atoms with van der Waals surface area (Å²) < 4.78 is 0. The molecule has 2 rings (SSSR count). The molecule has 0 amide bonds. The van der Waals surface area contributed by atoms with E-state index in [0.717, 1.165) is 5.96 Å². The van der Waals surface area contributed by atoms with Crippen LogP contribution in [0.1, 0.15) is 58.8 Å². The van der Waals surface area contributed by atoms with Crippen LogP contribution in [0.25, 0.3) is 0 Å². The van der Waals surface area contributed by atoms with Crippen LogP contribution in [0, 0.1) is 5.41 Å². The molecule has 2 aliphatic carbocycles. The van der Waals surface area contributed by atoms with Gasteiger partial charge in [-0.2, -0.15) is 0 Å². The zero-order valence-electron chi connectivity index (χ0n) is 11.6. The number of guanidine groups is 1. The molecule has 0 atom stereocenters. The van der Waals surface area contributed by atoms with Crippen molar-refractivity contribution in [3.63, 3.8) is 0 Å². The van der Waals surface area contributed by atoms with E-state index in [9.17, 15) is 0 Å². The number of aliphatic imine (C=N–C) groups is 1. The highest BCUT2D eigenvalue weighted by molar-refractivity contribution is 5.80. The second-order valence-electron chi connectivity index (χ2n) is 6.43. The Morgan fingerprint density at radius 3 is 1.94 bits per heavy atom. The first-order chi connectivity index (χ1) is 8.09. The molecule has 0 saturated heterocycles. The number of hydrogen-bond acceptors (Lipinski definition) is 1. The van der Waals surface area contributed by atoms with Crippen molar-refractivity contribution in [2.75, 3.05) is 7.05 Å². The summed E-state index contributed by atoms with van der Waals surface area (Å²) in [5, 5.41) is 7.09. The molecule has 0 heterocycles. The van der Waals surface area contributed by atoms with E-state index in [1.54, 1.807) is 0 Å². The third-order valence-corrected chi connectivity index (χ3v) is 4.35. The van der Waals surface area contributed by atoms with E-state index in [2.05, 4.69) is 29.5 Å². The van der Waals surface area contributed by atoms with Gasteiger partial charge in [0.25, 0.3) is 0 Å². The van der Waals surface area contributed by atoms with Gasteiger partial charge in [0.1, 0.15) is 0 Å². The van der Waals surface area contributed by atoms with Crippen molar-refractivity contribution >= 4 is 5.96 Å². The van der Waals surface area contributed by atoms with Crippen LogP contribution in [0.3, 0.4) is 0 Å². The Morgan fingerprint density at radius 2 is 1.53 bits per heavy atom. The fourth-order valence-corrected chi connectivity index (χ4v) is 2.65. The van der Waals surface area contributed by atoms with E-state index < -0.39 is 0 Å². The van der Waals surface area contributed by atoms with Crippen LogP contribution in [0.5, 0.6) is 0 Å². The van der Waals surface area contributed by atoms with E-state index in [1.165, 1.54) is 44.9 Å². The van der Waals surface area contributed by atoms with Crippen LogP contribution in [-0.4, -0.2) is 25.1 Å². The van der Waals surface area contributed by atoms with Crippen molar-refractivity contribution in [1.29, 1.82) is 0 Å². The number of rotatable bonds is 2. The van der Waals surface area contributed by atoms with Gasteiger partial charge in [-0.1, -0.05) is 13.8 Å². The van der Waals surface area contributed by atoms with Crippen molar-refractivity contribution in [3.05, 3.63) is 0 Å². The smallest absolute Gasteiger partial charge is 0.191 e. The van der Waals surface area contributed by atoms with Crippen LogP contribution >= 0.6 is 0 Å². The highest BCUT2D eigenvalue weighted by Crippen LogP contribution is 2.34. The summed E-state index contributed by atoms with van der Waals surface area (Å²) in [5.74, 6) is 1.01. The standard InChI is InChI=1S/C14H27N3/c1-14(2)9-7-12(8-10-14)17-13(15-3)16-11-5-4-6-11/h11-12H,4-10H2,1-3H3,(H2,15,16,17). The summed E-state index contributed by atoms with van der Waals surface area (Å²) in [4.78, 5) is 4.33. The van der Waals surface area contributed by atoms with E-state index in [0.29, 0.717) is 17.5 Å². The average Bonchev–Trinajstić information content (AvgIpc) is 2.24. The molecular formula is C14H27N3. The highest BCUT2D eigenvalue weighted by Gasteiger charge is 2.27. The normalized spacial score (nSPS) is 26.4. The van der Waals surface area contributed by atoms with E-state index >= 15 is 0 Å². The molecule has 2 aliphatic rings. The average molecular weight is 237 g/mol. The summed E-state index contributed by atoms with van der Waals surface area (Å²) in [5.41, 5.74) is 0.545. The molecule has 0 aromatic rings. The molecule has 2 saturated carbocycles. The lowest BCUT2D eigenvalue weighted by atomic mass is 9.75. The van der Waals surface area contributed by atoms with E-state index in [-0.39, 0.29) is 0 Å². The Bertz CT molecular complexity index is 269. The number of nitrogens with one attached hydrogen (secondary N) is 2. The highest BCUT2D eigenvalue weighted by atomic mass is 15.2. The third-order valence-electron chi connectivity index (χ3n) is 4.35. The summed E-state index contributed by atoms with van der Waals surface area (Å²) in [6, 6.07) is 1.29. The van der Waals surface area contributed by atoms with Crippen LogP contribution in [0.15, 0.2) is 4.99 Å². The van der Waals surface area contributed by atoms with Crippen LogP contribution in [-0.2, 0) is 0 Å². The topological polar surface area (TPSA) is 36.4 Å². The Balaban J connectivity index is 1.75. The second kappa shape index (κ2) is 5.28. The Morgan fingerprint density at radius 1 is 1.00 bits per heavy atom. The number of nitrogens with zero attached hydrogens (tertiary/aromatic N) is 1. The molecule has 3 nitrogen and oxygen atoms in total. The lowest BCUT2D eigenvalue weighted by Crippen LogP contribution is -2.50. The number of hydrogen-bond donors (Lipinski definition) is 2. The molecule has 0 aromatic heterocycles. The molecule has 0 spiro atoms. The van der Waals surface area contributed by atoms with E-state index in [4.69, 9.17) is 0 Å². The van der Waals surface area contributed by atoms with Gasteiger partial charge in [0, 0.05) is 19.1 Å². The molecular weight excluding hydrogens is 210 g/mol. The minimum absolute atomic E-state index is 0.545. The van der Waals surface area contributed by atoms with Gasteiger partial charge in [-0.15, -0.1) is 0 Å². The molecule has 17 heavy (non-hydrogen) atoms. The predicted octanol–water partition coefficient (Wildman–Crippen LogP) is 2.67. The van der Waals surface area contributed by atoms with Crippen LogP contribution < -0.4 is 10.6 Å². The molecule has 0 aliphatic heterocycles. The molecule has 3 heteroatoms. The first-order valence-electron chi connectivity index (χ1n) is 7.09. The largest absolute Gasteiger partial charge is 0.354 e. The van der Waals surface area contributed by atoms with Gasteiger partial charge in [0.05, 0.1) is 0 Å². The van der Waals surface area contributed by atoms with Crippen LogP contribution in [0.2, 0.25) is 0 Å². The lowest BCUT2D eigenvalue weighted by Gasteiger charge is -2.36. The van der Waals surface area contributed by atoms with Gasteiger partial charge < -0.3 is 10.6 Å². The SMILES string of the molecule is CN=C(NC1CCC1)NC1CCC(C)(C)CC1. The first-order valence-corrected chi connectivity index (χ1v) is 7.09. The zero-order valence-corrected chi connectivity index (χ0v) is 11.6. The maximum absolute atomic E-state index is 4.33. The van der Waals surface area contributed by atoms with Gasteiger partial charge in [-0.3, -0.25) is 4.99 Å². The fourth-order valence-electron chi connectivity index (χ4n) is 2.65. The third kappa shape index (κ3) is 3.62. The molecule has 2 N–H and O–H groups in total. The van der Waals surface area contributed by atoms with Crippen molar-refractivity contribution in [1.82, 2.24) is 10.6 Å². The minimum Gasteiger partial charge on any atom is -0.354 e. The van der Waals surface area contributed by atoms with Gasteiger partial charge in [0.2, 0.25) is 0 Å². The predicted molar refractivity (Wildman–Crippen MR) is 73.3 cm³/mol. The maximum Gasteiger partial charge on any atom is 0.191 e. The maximum atomic E-state index is 4.33. The Kier molecular flexibility index (Phi) is 3.95. The van der Waals surface area contributed by atoms with Gasteiger partial charge in [-0.25, -0.2) is 0 Å². The first kappa shape index (κ1) is 12.7. The molecule has 2 fully saturated rings. The summed E-state index contributed by atoms with van der Waals surface area (Å²) in [6.07, 6.45) is 9.18. The minimum atomic E-state index is 0.545. The van der Waals surface area contributed by atoms with Gasteiger partial charge in [-0.05, 0) is 50.4 Å². The van der Waals surface area contributed by atoms with Gasteiger partial charge in [0.15, 0.2) is 5.96 Å². The molecule has 98 valence electrons. The Hall–Kier alpha value is -0.730. The van der Waals surface area contributed by atoms with Crippen molar-refractivity contribution in [3.8, 4) is 0 Å². The van der Waals surface area contributed by atoms with Crippen LogP contribution in [0.4, 0.5) is 0 Å². The van der Waals surface area contributed by atoms with Crippen molar-refractivity contribution in [2.24, 2.45) is 10.4 Å². The summed E-state index contributed by atoms with van der Waals surface area (Å²) >= 11 is 0. The Labute approximate surface area is 105 Å². The van der Waals surface area contributed by atoms with Crippen molar-refractivity contribution in [2.45, 2.75) is 70.9 Å². The lowest BCUT2D eigenvalue weighted by molar-refractivity contribution is 0.216. The fraction of sp³-hybridized carbons (Fsp3) is 0.929. The summed E-state index contributed by atoms with van der Waals surface area (Å²) in [6.45, 7) is 4.76. The zero-order chi connectivity index (χ0) is 12.3. The monoisotopic (exact) mass is 237 g/mol. The molecule has 0 unspecified atom stereocenters. The van der Waals surface area contributed by atoms with Crippen molar-refractivity contribution < 1.29 is 0 Å².